The highest BCUT2D eigenvalue weighted by atomic mass is 31.2. The van der Waals surface area contributed by atoms with Crippen molar-refractivity contribution in [2.24, 2.45) is 0 Å². The molecule has 0 saturated carbocycles. The maximum atomic E-state index is 15.6. The van der Waals surface area contributed by atoms with Gasteiger partial charge in [0.1, 0.15) is 0 Å². The molecule has 4 nitrogen and oxygen atoms in total. The smallest absolute Gasteiger partial charge is 0.310 e. The number of aryl methyl sites for hydroxylation is 6. The standard InChI is InChI=1S/C46H42O4P2/c1-30-25-32(3)42(33(4)26-30)44(47)46(51-49,37-18-9-7-10-19-37)41-24-16-15-23-40(41)39-22-14-13-17-36(39)29-52(50,38-20-11-8-12-21-38)45(48)43-34(5)27-31(2)28-35(43)6/h7-28H,29H2,1-6H3/p+1. The van der Waals surface area contributed by atoms with Crippen LogP contribution in [-0.2, 0) is 20.4 Å². The van der Waals surface area contributed by atoms with Crippen molar-refractivity contribution in [1.82, 2.24) is 0 Å². The van der Waals surface area contributed by atoms with Gasteiger partial charge in [0.2, 0.25) is 11.3 Å². The summed E-state index contributed by atoms with van der Waals surface area (Å²) < 4.78 is 29.6. The van der Waals surface area contributed by atoms with Gasteiger partial charge in [0.25, 0.3) is 5.16 Å². The third-order valence-corrected chi connectivity index (χ3v) is 13.9. The van der Waals surface area contributed by atoms with Gasteiger partial charge >= 0.3 is 8.46 Å². The minimum Gasteiger partial charge on any atom is -0.310 e. The average Bonchev–Trinajstić information content (AvgIpc) is 3.12. The van der Waals surface area contributed by atoms with E-state index in [9.17, 15) is 9.36 Å². The number of ketones is 1. The Morgan fingerprint density at radius 1 is 0.577 bits per heavy atom. The van der Waals surface area contributed by atoms with Crippen LogP contribution in [0.3, 0.4) is 0 Å². The first-order valence-electron chi connectivity index (χ1n) is 17.4. The molecule has 260 valence electrons. The third-order valence-electron chi connectivity index (χ3n) is 10.0. The molecule has 6 aromatic carbocycles. The summed E-state index contributed by atoms with van der Waals surface area (Å²) in [4.78, 5) is 29.9. The van der Waals surface area contributed by atoms with Gasteiger partial charge in [-0.1, -0.05) is 149 Å². The Hall–Kier alpha value is -5.01. The molecule has 0 bridgehead atoms. The van der Waals surface area contributed by atoms with Gasteiger partial charge in [-0.3, -0.25) is 9.59 Å². The topological polar surface area (TPSA) is 68.3 Å². The van der Waals surface area contributed by atoms with Gasteiger partial charge in [-0.25, -0.2) is 0 Å². The lowest BCUT2D eigenvalue weighted by Gasteiger charge is -2.27. The number of carbonyl (C=O) groups excluding carboxylic acids is 2. The van der Waals surface area contributed by atoms with E-state index in [0.29, 0.717) is 38.7 Å². The first-order chi connectivity index (χ1) is 24.9. The van der Waals surface area contributed by atoms with E-state index in [-0.39, 0.29) is 17.5 Å². The van der Waals surface area contributed by atoms with E-state index >= 15 is 9.36 Å². The SMILES string of the molecule is Cc1cc(C)c(C(=O)C([PH+]=O)(c2ccccc2)c2ccccc2-c2ccccc2CP(=O)(C(=O)c2c(C)cc(C)cc2C)c2ccccc2)c(C)c1. The van der Waals surface area contributed by atoms with E-state index in [1.165, 1.54) is 0 Å². The van der Waals surface area contributed by atoms with Crippen LogP contribution in [0.15, 0.2) is 133 Å². The molecule has 52 heavy (non-hydrogen) atoms. The molecule has 0 fully saturated rings. The Kier molecular flexibility index (Phi) is 10.5. The van der Waals surface area contributed by atoms with Crippen LogP contribution in [0.5, 0.6) is 0 Å². The molecule has 3 atom stereocenters. The quantitative estimate of drug-likeness (QED) is 0.0987. The number of benzene rings is 6. The van der Waals surface area contributed by atoms with Crippen LogP contribution in [0.25, 0.3) is 11.1 Å². The van der Waals surface area contributed by atoms with Gasteiger partial charge in [-0.05, 0) is 80.5 Å². The van der Waals surface area contributed by atoms with Crippen molar-refractivity contribution >= 4 is 32.2 Å². The van der Waals surface area contributed by atoms with Crippen molar-refractivity contribution in [2.45, 2.75) is 52.9 Å². The van der Waals surface area contributed by atoms with Crippen molar-refractivity contribution in [3.63, 3.8) is 0 Å². The zero-order valence-corrected chi connectivity index (χ0v) is 32.4. The molecule has 0 saturated heterocycles. The molecule has 0 spiro atoms. The van der Waals surface area contributed by atoms with Gasteiger partial charge in [-0.15, -0.1) is 0 Å². The Morgan fingerprint density at radius 2 is 1.04 bits per heavy atom. The summed E-state index contributed by atoms with van der Waals surface area (Å²) >= 11 is 0. The fourth-order valence-corrected chi connectivity index (χ4v) is 11.3. The van der Waals surface area contributed by atoms with E-state index in [2.05, 4.69) is 0 Å². The predicted octanol–water partition coefficient (Wildman–Crippen LogP) is 11.4. The lowest BCUT2D eigenvalue weighted by Crippen LogP contribution is -2.33. The zero-order valence-electron chi connectivity index (χ0n) is 30.5. The van der Waals surface area contributed by atoms with Crippen molar-refractivity contribution in [2.75, 3.05) is 0 Å². The van der Waals surface area contributed by atoms with Crippen LogP contribution >= 0.6 is 15.6 Å². The minimum absolute atomic E-state index is 0.0325. The van der Waals surface area contributed by atoms with Crippen LogP contribution in [-0.4, -0.2) is 11.3 Å². The molecule has 6 aromatic rings. The van der Waals surface area contributed by atoms with Crippen molar-refractivity contribution < 1.29 is 18.7 Å². The molecule has 0 aromatic heterocycles. The molecule has 6 rings (SSSR count). The minimum atomic E-state index is -3.79. The molecule has 0 aliphatic heterocycles. The second kappa shape index (κ2) is 14.9. The highest BCUT2D eigenvalue weighted by Crippen LogP contribution is 2.54. The summed E-state index contributed by atoms with van der Waals surface area (Å²) in [6, 6.07) is 41.4. The molecule has 0 amide bonds. The maximum Gasteiger partial charge on any atom is 0.349 e. The van der Waals surface area contributed by atoms with Crippen LogP contribution < -0.4 is 5.30 Å². The zero-order chi connectivity index (χ0) is 37.2. The first kappa shape index (κ1) is 36.8. The molecular weight excluding hydrogens is 678 g/mol. The maximum absolute atomic E-state index is 15.6. The number of carbonyl (C=O) groups is 2. The lowest BCUT2D eigenvalue weighted by molar-refractivity contribution is 0.0955. The van der Waals surface area contributed by atoms with Gasteiger partial charge in [0.05, 0.1) is 0 Å². The fourth-order valence-electron chi connectivity index (χ4n) is 7.84. The summed E-state index contributed by atoms with van der Waals surface area (Å²) in [6.07, 6.45) is -0.0325. The monoisotopic (exact) mass is 721 g/mol. The van der Waals surface area contributed by atoms with E-state index in [0.717, 1.165) is 38.9 Å². The number of hydrogen-bond acceptors (Lipinski definition) is 4. The molecule has 0 N–H and O–H groups in total. The van der Waals surface area contributed by atoms with Crippen molar-refractivity contribution in [3.8, 4) is 11.1 Å². The second-order valence-electron chi connectivity index (χ2n) is 13.8. The number of hydrogen-bond donors (Lipinski definition) is 0. The molecule has 3 unspecified atom stereocenters. The van der Waals surface area contributed by atoms with Crippen LogP contribution in [0, 0.1) is 41.5 Å². The van der Waals surface area contributed by atoms with E-state index < -0.39 is 20.8 Å². The van der Waals surface area contributed by atoms with Crippen molar-refractivity contribution in [1.29, 1.82) is 0 Å². The summed E-state index contributed by atoms with van der Waals surface area (Å²) in [7, 11) is -4.85. The van der Waals surface area contributed by atoms with Crippen LogP contribution in [0.1, 0.15) is 70.8 Å². The number of Topliss-reactive ketones (excluding diaryl/α,β-unsaturated/α-hetero) is 1. The Labute approximate surface area is 308 Å². The second-order valence-corrected chi connectivity index (χ2v) is 17.5. The third kappa shape index (κ3) is 6.58. The summed E-state index contributed by atoms with van der Waals surface area (Å²) in [5.41, 5.74) is 9.28. The molecular formula is C46H43O4P2+. The van der Waals surface area contributed by atoms with Crippen molar-refractivity contribution in [3.05, 3.63) is 195 Å². The van der Waals surface area contributed by atoms with Gasteiger partial charge < -0.3 is 4.57 Å². The number of rotatable bonds is 11. The van der Waals surface area contributed by atoms with Gasteiger partial charge in [0, 0.05) is 33.7 Å². The summed E-state index contributed by atoms with van der Waals surface area (Å²) in [6.45, 7) is 11.6. The predicted molar refractivity (Wildman–Crippen MR) is 215 cm³/mol. The highest BCUT2D eigenvalue weighted by Gasteiger charge is 2.53. The summed E-state index contributed by atoms with van der Waals surface area (Å²) in [5, 5.41) is -1.06. The normalized spacial score (nSPS) is 13.7. The molecule has 6 heteroatoms. The largest absolute Gasteiger partial charge is 0.349 e. The fraction of sp³-hybridized carbons (Fsp3) is 0.174. The first-order valence-corrected chi connectivity index (χ1v) is 20.2. The highest BCUT2D eigenvalue weighted by molar-refractivity contribution is 7.86. The Balaban J connectivity index is 1.59. The van der Waals surface area contributed by atoms with E-state index in [1.807, 2.05) is 163 Å². The molecule has 0 radical (unpaired) electrons. The van der Waals surface area contributed by atoms with Crippen LogP contribution in [0.4, 0.5) is 0 Å². The van der Waals surface area contributed by atoms with Gasteiger partial charge in [0.15, 0.2) is 7.14 Å². The Morgan fingerprint density at radius 3 is 1.60 bits per heavy atom. The molecule has 0 aliphatic rings. The summed E-state index contributed by atoms with van der Waals surface area (Å²) in [5.74, 6) is -0.248. The van der Waals surface area contributed by atoms with Crippen LogP contribution in [0.2, 0.25) is 0 Å². The molecule has 0 aliphatic carbocycles. The van der Waals surface area contributed by atoms with E-state index in [4.69, 9.17) is 0 Å². The van der Waals surface area contributed by atoms with Gasteiger partial charge in [-0.2, -0.15) is 0 Å². The molecule has 0 heterocycles. The Bertz CT molecular complexity index is 2330. The lowest BCUT2D eigenvalue weighted by atomic mass is 9.78. The average molecular weight is 722 g/mol. The van der Waals surface area contributed by atoms with E-state index in [1.54, 1.807) is 12.1 Å².